The molecule has 2 rings (SSSR count). The Bertz CT molecular complexity index is 460. The van der Waals surface area contributed by atoms with E-state index < -0.39 is 23.8 Å². The number of ether oxygens (including phenoxy) is 1. The summed E-state index contributed by atoms with van der Waals surface area (Å²) >= 11 is 0. The van der Waals surface area contributed by atoms with E-state index in [0.29, 0.717) is 12.8 Å². The van der Waals surface area contributed by atoms with E-state index in [-0.39, 0.29) is 12.6 Å². The van der Waals surface area contributed by atoms with E-state index in [4.69, 9.17) is 10.6 Å². The maximum Gasteiger partial charge on any atom is 0.419 e. The summed E-state index contributed by atoms with van der Waals surface area (Å²) < 4.78 is 43.7. The average molecular weight is 278 g/mol. The fourth-order valence-corrected chi connectivity index (χ4v) is 1.94. The molecule has 1 aromatic rings. The van der Waals surface area contributed by atoms with Crippen LogP contribution in [-0.2, 0) is 22.3 Å². The van der Waals surface area contributed by atoms with Crippen LogP contribution in [-0.4, -0.2) is 27.9 Å². The molecule has 1 aliphatic rings. The second kappa shape index (κ2) is 5.17. The Morgan fingerprint density at radius 1 is 1.58 bits per heavy atom. The Kier molecular flexibility index (Phi) is 3.76. The molecule has 2 unspecified atom stereocenters. The lowest BCUT2D eigenvalue weighted by atomic mass is 10.2. The number of nitrogens with zero attached hydrogens (tertiary/aromatic N) is 2. The smallest absolute Gasteiger partial charge is 0.363 e. The second-order valence-corrected chi connectivity index (χ2v) is 4.28. The molecule has 1 saturated heterocycles. The number of amides is 1. The highest BCUT2D eigenvalue weighted by Crippen LogP contribution is 2.29. The van der Waals surface area contributed by atoms with E-state index in [1.54, 1.807) is 0 Å². The average Bonchev–Trinajstić information content (AvgIpc) is 2.97. The SMILES string of the molecule is NNC(=O)C1CCC(Cn2cc(C(F)(F)F)cn2)O1. The van der Waals surface area contributed by atoms with Crippen molar-refractivity contribution >= 4 is 5.91 Å². The lowest BCUT2D eigenvalue weighted by molar-refractivity contribution is -0.137. The minimum Gasteiger partial charge on any atom is -0.363 e. The third kappa shape index (κ3) is 3.24. The summed E-state index contributed by atoms with van der Waals surface area (Å²) in [4.78, 5) is 11.2. The molecule has 2 atom stereocenters. The minimum atomic E-state index is -4.41. The molecule has 2 heterocycles. The lowest BCUT2D eigenvalue weighted by Gasteiger charge is -2.12. The van der Waals surface area contributed by atoms with Crippen LogP contribution >= 0.6 is 0 Å². The van der Waals surface area contributed by atoms with Crippen LogP contribution in [0.1, 0.15) is 18.4 Å². The van der Waals surface area contributed by atoms with Crippen molar-refractivity contribution in [1.29, 1.82) is 0 Å². The lowest BCUT2D eigenvalue weighted by Crippen LogP contribution is -2.39. The Labute approximate surface area is 106 Å². The van der Waals surface area contributed by atoms with Gasteiger partial charge in [-0.3, -0.25) is 14.9 Å². The summed E-state index contributed by atoms with van der Waals surface area (Å²) in [6.45, 7) is 0.171. The third-order valence-corrected chi connectivity index (χ3v) is 2.89. The molecule has 19 heavy (non-hydrogen) atoms. The van der Waals surface area contributed by atoms with Crippen LogP contribution < -0.4 is 11.3 Å². The van der Waals surface area contributed by atoms with Gasteiger partial charge in [0.2, 0.25) is 0 Å². The number of halogens is 3. The first-order chi connectivity index (χ1) is 8.90. The van der Waals surface area contributed by atoms with E-state index in [0.717, 1.165) is 17.1 Å². The third-order valence-electron chi connectivity index (χ3n) is 2.89. The van der Waals surface area contributed by atoms with Gasteiger partial charge in [0.05, 0.1) is 24.4 Å². The maximum atomic E-state index is 12.4. The van der Waals surface area contributed by atoms with Crippen molar-refractivity contribution in [3.63, 3.8) is 0 Å². The summed E-state index contributed by atoms with van der Waals surface area (Å²) in [6.07, 6.45) is -2.66. The van der Waals surface area contributed by atoms with Gasteiger partial charge in [-0.2, -0.15) is 18.3 Å². The van der Waals surface area contributed by atoms with Crippen molar-refractivity contribution < 1.29 is 22.7 Å². The highest BCUT2D eigenvalue weighted by Gasteiger charge is 2.34. The van der Waals surface area contributed by atoms with Gasteiger partial charge < -0.3 is 4.74 Å². The van der Waals surface area contributed by atoms with E-state index in [1.807, 2.05) is 5.43 Å². The molecule has 0 aliphatic carbocycles. The number of hydrogen-bond acceptors (Lipinski definition) is 4. The normalized spacial score (nSPS) is 23.6. The number of nitrogens with one attached hydrogen (secondary N) is 1. The van der Waals surface area contributed by atoms with E-state index >= 15 is 0 Å². The van der Waals surface area contributed by atoms with Gasteiger partial charge in [-0.1, -0.05) is 0 Å². The van der Waals surface area contributed by atoms with Crippen LogP contribution in [0.5, 0.6) is 0 Å². The van der Waals surface area contributed by atoms with Gasteiger partial charge in [-0.05, 0) is 12.8 Å². The molecule has 0 saturated carbocycles. The number of aromatic nitrogens is 2. The largest absolute Gasteiger partial charge is 0.419 e. The summed E-state index contributed by atoms with van der Waals surface area (Å²) in [5.74, 6) is 4.55. The fraction of sp³-hybridized carbons (Fsp3) is 0.600. The van der Waals surface area contributed by atoms with Gasteiger partial charge in [-0.15, -0.1) is 0 Å². The Hall–Kier alpha value is -1.61. The van der Waals surface area contributed by atoms with Crippen molar-refractivity contribution in [2.75, 3.05) is 0 Å². The summed E-state index contributed by atoms with van der Waals surface area (Å²) in [6, 6.07) is 0. The van der Waals surface area contributed by atoms with Crippen molar-refractivity contribution in [2.24, 2.45) is 5.84 Å². The molecule has 3 N–H and O–H groups in total. The molecule has 0 bridgehead atoms. The monoisotopic (exact) mass is 278 g/mol. The van der Waals surface area contributed by atoms with Crippen molar-refractivity contribution in [1.82, 2.24) is 15.2 Å². The molecule has 6 nitrogen and oxygen atoms in total. The fourth-order valence-electron chi connectivity index (χ4n) is 1.94. The zero-order chi connectivity index (χ0) is 14.0. The zero-order valence-corrected chi connectivity index (χ0v) is 9.85. The van der Waals surface area contributed by atoms with Gasteiger partial charge >= 0.3 is 6.18 Å². The van der Waals surface area contributed by atoms with Crippen LogP contribution in [0.3, 0.4) is 0 Å². The number of hydrogen-bond donors (Lipinski definition) is 2. The van der Waals surface area contributed by atoms with Gasteiger partial charge in [0, 0.05) is 6.20 Å². The van der Waals surface area contributed by atoms with E-state index in [1.165, 1.54) is 0 Å². The highest BCUT2D eigenvalue weighted by atomic mass is 19.4. The van der Waals surface area contributed by atoms with Crippen molar-refractivity contribution in [2.45, 2.75) is 37.8 Å². The van der Waals surface area contributed by atoms with Gasteiger partial charge in [0.15, 0.2) is 0 Å². The van der Waals surface area contributed by atoms with Gasteiger partial charge in [0.25, 0.3) is 5.91 Å². The topological polar surface area (TPSA) is 82.2 Å². The first-order valence-electron chi connectivity index (χ1n) is 5.65. The number of carbonyl (C=O) groups excluding carboxylic acids is 1. The quantitative estimate of drug-likeness (QED) is 0.477. The van der Waals surface area contributed by atoms with Gasteiger partial charge in [0.1, 0.15) is 6.10 Å². The molecule has 0 spiro atoms. The molecule has 1 aromatic heterocycles. The number of carbonyl (C=O) groups is 1. The molecule has 1 fully saturated rings. The van der Waals surface area contributed by atoms with Crippen molar-refractivity contribution in [3.05, 3.63) is 18.0 Å². The second-order valence-electron chi connectivity index (χ2n) is 4.28. The van der Waals surface area contributed by atoms with Gasteiger partial charge in [-0.25, -0.2) is 5.84 Å². The molecule has 1 amide bonds. The summed E-state index contributed by atoms with van der Waals surface area (Å²) in [7, 11) is 0. The Morgan fingerprint density at radius 2 is 2.32 bits per heavy atom. The first kappa shape index (κ1) is 13.8. The first-order valence-corrected chi connectivity index (χ1v) is 5.65. The Balaban J connectivity index is 1.92. The predicted octanol–water partition coefficient (Wildman–Crippen LogP) is 0.439. The number of rotatable bonds is 3. The molecule has 106 valence electrons. The van der Waals surface area contributed by atoms with Crippen LogP contribution in [0, 0.1) is 0 Å². The molecular weight excluding hydrogens is 265 g/mol. The van der Waals surface area contributed by atoms with Crippen LogP contribution in [0.25, 0.3) is 0 Å². The Morgan fingerprint density at radius 3 is 2.89 bits per heavy atom. The maximum absolute atomic E-state index is 12.4. The van der Waals surface area contributed by atoms with E-state index in [9.17, 15) is 18.0 Å². The van der Waals surface area contributed by atoms with Crippen LogP contribution in [0.2, 0.25) is 0 Å². The van der Waals surface area contributed by atoms with Crippen molar-refractivity contribution in [3.8, 4) is 0 Å². The molecule has 9 heteroatoms. The van der Waals surface area contributed by atoms with E-state index in [2.05, 4.69) is 5.10 Å². The summed E-state index contributed by atoms with van der Waals surface area (Å²) in [5, 5.41) is 3.63. The molecule has 0 radical (unpaired) electrons. The van der Waals surface area contributed by atoms with Crippen LogP contribution in [0.4, 0.5) is 13.2 Å². The van der Waals surface area contributed by atoms with Crippen LogP contribution in [0.15, 0.2) is 12.4 Å². The zero-order valence-electron chi connectivity index (χ0n) is 9.85. The molecular formula is C10H13F3N4O2. The minimum absolute atomic E-state index is 0.171. The highest BCUT2D eigenvalue weighted by molar-refractivity contribution is 5.80. The number of nitrogens with two attached hydrogens (primary N) is 1. The predicted molar refractivity (Wildman–Crippen MR) is 57.5 cm³/mol. The standard InChI is InChI=1S/C10H13F3N4O2/c11-10(12,13)6-3-15-17(4-6)5-7-1-2-8(19-7)9(18)16-14/h3-4,7-8H,1-2,5,14H2,(H,16,18). The molecule has 0 aromatic carbocycles. The number of hydrazine groups is 1. The molecule has 1 aliphatic heterocycles. The summed E-state index contributed by atoms with van der Waals surface area (Å²) in [5.41, 5.74) is 1.18. The number of alkyl halides is 3.